The van der Waals surface area contributed by atoms with E-state index in [9.17, 15) is 0 Å². The van der Waals surface area contributed by atoms with Crippen LogP contribution in [0.25, 0.3) is 0 Å². The van der Waals surface area contributed by atoms with Crippen LogP contribution < -0.4 is 0 Å². The summed E-state index contributed by atoms with van der Waals surface area (Å²) in [6.45, 7) is 16.8. The van der Waals surface area contributed by atoms with Gasteiger partial charge in [0.25, 0.3) is 0 Å². The molecule has 5 atom stereocenters. The lowest BCUT2D eigenvalue weighted by Gasteiger charge is -2.33. The van der Waals surface area contributed by atoms with Gasteiger partial charge in [-0.1, -0.05) is 74.1 Å². The molecule has 0 fully saturated rings. The zero-order valence-electron chi connectivity index (χ0n) is 13.4. The van der Waals surface area contributed by atoms with Crippen LogP contribution in [0.4, 0.5) is 0 Å². The van der Waals surface area contributed by atoms with Crippen LogP contribution in [0.15, 0.2) is 0 Å². The Hall–Kier alpha value is 0. The lowest BCUT2D eigenvalue weighted by molar-refractivity contribution is 0.163. The molecule has 5 unspecified atom stereocenters. The quantitative estimate of drug-likeness (QED) is 0.453. The Bertz CT molecular complexity index is 173. The first-order valence-electron chi connectivity index (χ1n) is 7.97. The highest BCUT2D eigenvalue weighted by Gasteiger charge is 2.26. The Balaban J connectivity index is 4.33. The molecule has 0 radical (unpaired) electrons. The van der Waals surface area contributed by atoms with Gasteiger partial charge in [-0.2, -0.15) is 0 Å². The third-order valence-corrected chi connectivity index (χ3v) is 4.97. The largest absolute Gasteiger partial charge is 0.0654 e. The van der Waals surface area contributed by atoms with E-state index < -0.39 is 0 Å². The molecule has 0 aromatic heterocycles. The Kier molecular flexibility index (Phi) is 9.00. The smallest absolute Gasteiger partial charge is 0.0363 e. The first kappa shape index (κ1) is 17.0. The predicted octanol–water partition coefficient (Wildman–Crippen LogP) is 6.16. The van der Waals surface area contributed by atoms with Crippen molar-refractivity contribution in [3.05, 3.63) is 0 Å². The first-order valence-corrected chi connectivity index (χ1v) is 7.97. The van der Waals surface area contributed by atoms with E-state index in [0.29, 0.717) is 0 Å². The average molecular weight is 240 g/mol. The fourth-order valence-electron chi connectivity index (χ4n) is 3.51. The van der Waals surface area contributed by atoms with Crippen molar-refractivity contribution in [1.82, 2.24) is 0 Å². The molecule has 0 saturated carbocycles. The molecule has 104 valence electrons. The van der Waals surface area contributed by atoms with E-state index in [1.807, 2.05) is 0 Å². The van der Waals surface area contributed by atoms with Crippen LogP contribution in [0.2, 0.25) is 0 Å². The fraction of sp³-hybridized carbons (Fsp3) is 1.00. The zero-order valence-corrected chi connectivity index (χ0v) is 13.4. The van der Waals surface area contributed by atoms with Gasteiger partial charge in [-0.25, -0.2) is 0 Å². The molecule has 0 bridgehead atoms. The highest BCUT2D eigenvalue weighted by molar-refractivity contribution is 4.75. The van der Waals surface area contributed by atoms with Gasteiger partial charge < -0.3 is 0 Å². The van der Waals surface area contributed by atoms with Gasteiger partial charge in [-0.05, 0) is 36.0 Å². The lowest BCUT2D eigenvalue weighted by atomic mass is 9.72. The van der Waals surface area contributed by atoms with Crippen molar-refractivity contribution >= 4 is 0 Å². The summed E-state index contributed by atoms with van der Waals surface area (Å²) in [5.41, 5.74) is 0. The SMILES string of the molecule is CCCC(C)CC(C)C(CC)C(C)C(C)CC. The number of hydrogen-bond acceptors (Lipinski definition) is 0. The monoisotopic (exact) mass is 240 g/mol. The van der Waals surface area contributed by atoms with Crippen molar-refractivity contribution < 1.29 is 0 Å². The van der Waals surface area contributed by atoms with Gasteiger partial charge in [0.05, 0.1) is 0 Å². The molecular weight excluding hydrogens is 204 g/mol. The molecule has 0 aliphatic carbocycles. The Morgan fingerprint density at radius 1 is 0.765 bits per heavy atom. The third kappa shape index (κ3) is 5.93. The van der Waals surface area contributed by atoms with Crippen molar-refractivity contribution in [3.63, 3.8) is 0 Å². The maximum Gasteiger partial charge on any atom is -0.0363 e. The second-order valence-corrected chi connectivity index (χ2v) is 6.42. The van der Waals surface area contributed by atoms with Crippen LogP contribution in [-0.2, 0) is 0 Å². The predicted molar refractivity (Wildman–Crippen MR) is 80.3 cm³/mol. The van der Waals surface area contributed by atoms with Gasteiger partial charge in [0.2, 0.25) is 0 Å². The van der Waals surface area contributed by atoms with Crippen molar-refractivity contribution in [3.8, 4) is 0 Å². The first-order chi connectivity index (χ1) is 7.97. The molecule has 0 heterocycles. The standard InChI is InChI=1S/C17H36/c1-8-11-13(4)12-15(6)17(10-3)16(7)14(5)9-2/h13-17H,8-12H2,1-7H3. The molecule has 17 heavy (non-hydrogen) atoms. The summed E-state index contributed by atoms with van der Waals surface area (Å²) in [5.74, 6) is 4.49. The van der Waals surface area contributed by atoms with Gasteiger partial charge in [0.1, 0.15) is 0 Å². The van der Waals surface area contributed by atoms with E-state index in [2.05, 4.69) is 48.5 Å². The summed E-state index contributed by atoms with van der Waals surface area (Å²) in [5, 5.41) is 0. The minimum absolute atomic E-state index is 0.879. The second kappa shape index (κ2) is 9.00. The van der Waals surface area contributed by atoms with E-state index in [-0.39, 0.29) is 0 Å². The fourth-order valence-corrected chi connectivity index (χ4v) is 3.51. The van der Waals surface area contributed by atoms with E-state index in [1.165, 1.54) is 32.1 Å². The van der Waals surface area contributed by atoms with Crippen LogP contribution in [0.3, 0.4) is 0 Å². The summed E-state index contributed by atoms with van der Waals surface area (Å²) < 4.78 is 0. The number of hydrogen-bond donors (Lipinski definition) is 0. The molecule has 0 nitrogen and oxygen atoms in total. The normalized spacial score (nSPS) is 20.6. The molecule has 0 spiro atoms. The lowest BCUT2D eigenvalue weighted by Crippen LogP contribution is -2.25. The maximum atomic E-state index is 2.49. The molecule has 0 rings (SSSR count). The van der Waals surface area contributed by atoms with E-state index >= 15 is 0 Å². The highest BCUT2D eigenvalue weighted by Crippen LogP contribution is 2.35. The van der Waals surface area contributed by atoms with Crippen LogP contribution >= 0.6 is 0 Å². The number of rotatable bonds is 9. The molecule has 0 aromatic rings. The summed E-state index contributed by atoms with van der Waals surface area (Å²) in [6.07, 6.45) is 6.84. The van der Waals surface area contributed by atoms with Crippen molar-refractivity contribution in [1.29, 1.82) is 0 Å². The van der Waals surface area contributed by atoms with Crippen molar-refractivity contribution in [2.45, 2.75) is 80.6 Å². The molecule has 0 heteroatoms. The summed E-state index contributed by atoms with van der Waals surface area (Å²) >= 11 is 0. The Labute approximate surface area is 111 Å². The van der Waals surface area contributed by atoms with Crippen LogP contribution in [0, 0.1) is 29.6 Å². The summed E-state index contributed by atoms with van der Waals surface area (Å²) in [4.78, 5) is 0. The molecule has 0 aliphatic rings. The van der Waals surface area contributed by atoms with Gasteiger partial charge >= 0.3 is 0 Å². The molecule has 0 saturated heterocycles. The van der Waals surface area contributed by atoms with Gasteiger partial charge in [-0.15, -0.1) is 0 Å². The van der Waals surface area contributed by atoms with Gasteiger partial charge in [-0.3, -0.25) is 0 Å². The van der Waals surface area contributed by atoms with Crippen molar-refractivity contribution in [2.24, 2.45) is 29.6 Å². The maximum absolute atomic E-state index is 2.49. The van der Waals surface area contributed by atoms with E-state index in [0.717, 1.165) is 29.6 Å². The van der Waals surface area contributed by atoms with Crippen LogP contribution in [0.1, 0.15) is 80.6 Å². The summed E-state index contributed by atoms with van der Waals surface area (Å²) in [6, 6.07) is 0. The van der Waals surface area contributed by atoms with E-state index in [4.69, 9.17) is 0 Å². The Morgan fingerprint density at radius 2 is 1.35 bits per heavy atom. The van der Waals surface area contributed by atoms with Gasteiger partial charge in [0.15, 0.2) is 0 Å². The molecule has 0 aromatic carbocycles. The van der Waals surface area contributed by atoms with Crippen LogP contribution in [0.5, 0.6) is 0 Å². The van der Waals surface area contributed by atoms with Crippen molar-refractivity contribution in [2.75, 3.05) is 0 Å². The molecular formula is C17H36. The molecule has 0 amide bonds. The zero-order chi connectivity index (χ0) is 13.4. The minimum Gasteiger partial charge on any atom is -0.0654 e. The highest BCUT2D eigenvalue weighted by atomic mass is 14.3. The minimum atomic E-state index is 0.879. The third-order valence-electron chi connectivity index (χ3n) is 4.97. The topological polar surface area (TPSA) is 0 Å². The van der Waals surface area contributed by atoms with Crippen LogP contribution in [-0.4, -0.2) is 0 Å². The average Bonchev–Trinajstić information content (AvgIpc) is 2.28. The Morgan fingerprint density at radius 3 is 1.76 bits per heavy atom. The summed E-state index contributed by atoms with van der Waals surface area (Å²) in [7, 11) is 0. The molecule has 0 aliphatic heterocycles. The molecule has 0 N–H and O–H groups in total. The second-order valence-electron chi connectivity index (χ2n) is 6.42. The van der Waals surface area contributed by atoms with Gasteiger partial charge in [0, 0.05) is 0 Å². The van der Waals surface area contributed by atoms with E-state index in [1.54, 1.807) is 0 Å².